The van der Waals surface area contributed by atoms with E-state index in [1.807, 2.05) is 18.1 Å². The number of nitrogens with zero attached hydrogens (tertiary/aromatic N) is 4. The van der Waals surface area contributed by atoms with Crippen LogP contribution in [0.4, 0.5) is 0 Å². The van der Waals surface area contributed by atoms with Crippen molar-refractivity contribution in [2.75, 3.05) is 39.3 Å². The van der Waals surface area contributed by atoms with E-state index >= 15 is 0 Å². The van der Waals surface area contributed by atoms with Crippen molar-refractivity contribution in [1.82, 2.24) is 24.7 Å². The third-order valence-electron chi connectivity index (χ3n) is 3.89. The minimum Gasteiger partial charge on any atom is -0.333 e. The Balaban J connectivity index is 1.59. The second-order valence-corrected chi connectivity index (χ2v) is 5.00. The third kappa shape index (κ3) is 2.02. The summed E-state index contributed by atoms with van der Waals surface area (Å²) in [6.45, 7) is 5.75. The van der Waals surface area contributed by atoms with Crippen LogP contribution in [-0.4, -0.2) is 70.6 Å². The van der Waals surface area contributed by atoms with Crippen LogP contribution in [0.25, 0.3) is 0 Å². The predicted molar refractivity (Wildman–Crippen MR) is 67.3 cm³/mol. The number of aromatic nitrogens is 2. The van der Waals surface area contributed by atoms with Gasteiger partial charge in [-0.1, -0.05) is 0 Å². The van der Waals surface area contributed by atoms with Crippen LogP contribution >= 0.6 is 0 Å². The van der Waals surface area contributed by atoms with Crippen molar-refractivity contribution in [3.05, 3.63) is 18.2 Å². The molecule has 0 radical (unpaired) electrons. The van der Waals surface area contributed by atoms with Crippen molar-refractivity contribution >= 4 is 5.91 Å². The molecular formula is C12H19N5O. The number of carbonyl (C=O) groups is 1. The minimum atomic E-state index is 0.0499. The first-order valence-corrected chi connectivity index (χ1v) is 6.47. The number of carbonyl (C=O) groups excluding carboxylic acids is 1. The van der Waals surface area contributed by atoms with Gasteiger partial charge in [0.25, 0.3) is 5.91 Å². The molecule has 0 aliphatic carbocycles. The lowest BCUT2D eigenvalue weighted by molar-refractivity contribution is 0.0489. The first-order chi connectivity index (χ1) is 8.75. The molecule has 3 heterocycles. The van der Waals surface area contributed by atoms with Crippen LogP contribution in [-0.2, 0) is 7.05 Å². The number of hydrogen-bond donors (Lipinski definition) is 1. The molecule has 2 aliphatic rings. The van der Waals surface area contributed by atoms with E-state index < -0.39 is 0 Å². The smallest absolute Gasteiger partial charge is 0.289 e. The quantitative estimate of drug-likeness (QED) is 0.742. The summed E-state index contributed by atoms with van der Waals surface area (Å²) < 4.78 is 1.78. The zero-order valence-corrected chi connectivity index (χ0v) is 10.7. The molecule has 3 rings (SSSR count). The number of piperazine rings is 1. The molecule has 0 saturated carbocycles. The lowest BCUT2D eigenvalue weighted by atomic mass is 10.1. The minimum absolute atomic E-state index is 0.0499. The highest BCUT2D eigenvalue weighted by molar-refractivity contribution is 5.90. The van der Waals surface area contributed by atoms with Crippen molar-refractivity contribution in [2.24, 2.45) is 7.05 Å². The maximum absolute atomic E-state index is 12.3. The summed E-state index contributed by atoms with van der Waals surface area (Å²) in [5, 5.41) is 3.29. The van der Waals surface area contributed by atoms with Crippen molar-refractivity contribution in [2.45, 2.75) is 6.04 Å². The molecular weight excluding hydrogens is 230 g/mol. The Morgan fingerprint density at radius 3 is 2.56 bits per heavy atom. The number of aryl methyl sites for hydroxylation is 1. The number of rotatable bonds is 2. The monoisotopic (exact) mass is 249 g/mol. The van der Waals surface area contributed by atoms with Crippen molar-refractivity contribution < 1.29 is 4.79 Å². The maximum Gasteiger partial charge on any atom is 0.289 e. The lowest BCUT2D eigenvalue weighted by Gasteiger charge is -2.43. The van der Waals surface area contributed by atoms with E-state index in [0.29, 0.717) is 11.9 Å². The molecule has 1 N–H and O–H groups in total. The van der Waals surface area contributed by atoms with Gasteiger partial charge in [-0.15, -0.1) is 0 Å². The molecule has 0 unspecified atom stereocenters. The van der Waals surface area contributed by atoms with Crippen LogP contribution in [0.1, 0.15) is 10.6 Å². The number of nitrogens with one attached hydrogen (secondary N) is 1. The Morgan fingerprint density at radius 2 is 2.06 bits per heavy atom. The van der Waals surface area contributed by atoms with E-state index in [1.54, 1.807) is 10.8 Å². The van der Waals surface area contributed by atoms with E-state index in [9.17, 15) is 4.79 Å². The third-order valence-corrected chi connectivity index (χ3v) is 3.89. The van der Waals surface area contributed by atoms with Gasteiger partial charge in [-0.25, -0.2) is 4.98 Å². The van der Waals surface area contributed by atoms with E-state index in [0.717, 1.165) is 39.3 Å². The molecule has 6 nitrogen and oxygen atoms in total. The number of imidazole rings is 1. The van der Waals surface area contributed by atoms with E-state index in [2.05, 4.69) is 15.2 Å². The van der Waals surface area contributed by atoms with Crippen LogP contribution in [0.5, 0.6) is 0 Å². The van der Waals surface area contributed by atoms with Gasteiger partial charge in [-0.2, -0.15) is 0 Å². The Bertz CT molecular complexity index is 431. The molecule has 1 aromatic heterocycles. The van der Waals surface area contributed by atoms with Gasteiger partial charge < -0.3 is 14.8 Å². The first-order valence-electron chi connectivity index (χ1n) is 6.47. The Morgan fingerprint density at radius 1 is 1.33 bits per heavy atom. The van der Waals surface area contributed by atoms with Gasteiger partial charge in [0.15, 0.2) is 5.82 Å². The van der Waals surface area contributed by atoms with Crippen molar-refractivity contribution in [3.63, 3.8) is 0 Å². The van der Waals surface area contributed by atoms with Gasteiger partial charge in [0, 0.05) is 64.8 Å². The summed E-state index contributed by atoms with van der Waals surface area (Å²) in [6, 6.07) is 0.676. The van der Waals surface area contributed by atoms with Crippen molar-refractivity contribution in [1.29, 1.82) is 0 Å². The van der Waals surface area contributed by atoms with Crippen LogP contribution in [0.3, 0.4) is 0 Å². The number of amides is 1. The van der Waals surface area contributed by atoms with Gasteiger partial charge in [0.2, 0.25) is 0 Å². The molecule has 98 valence electrons. The van der Waals surface area contributed by atoms with Crippen LogP contribution in [0.15, 0.2) is 12.4 Å². The van der Waals surface area contributed by atoms with Crippen LogP contribution in [0, 0.1) is 0 Å². The molecule has 1 aromatic rings. The van der Waals surface area contributed by atoms with E-state index in [4.69, 9.17) is 0 Å². The highest BCUT2D eigenvalue weighted by Gasteiger charge is 2.30. The summed E-state index contributed by atoms with van der Waals surface area (Å²) in [6.07, 6.45) is 3.48. The highest BCUT2D eigenvalue weighted by Crippen LogP contribution is 2.11. The van der Waals surface area contributed by atoms with Gasteiger partial charge in [0.05, 0.1) is 0 Å². The van der Waals surface area contributed by atoms with Crippen molar-refractivity contribution in [3.8, 4) is 0 Å². The van der Waals surface area contributed by atoms with Gasteiger partial charge in [0.1, 0.15) is 0 Å². The fourth-order valence-electron chi connectivity index (χ4n) is 2.53. The molecule has 0 aromatic carbocycles. The molecule has 2 saturated heterocycles. The van der Waals surface area contributed by atoms with Gasteiger partial charge >= 0.3 is 0 Å². The summed E-state index contributed by atoms with van der Waals surface area (Å²) in [7, 11) is 1.86. The maximum atomic E-state index is 12.3. The normalized spacial score (nSPS) is 21.9. The van der Waals surface area contributed by atoms with E-state index in [1.165, 1.54) is 0 Å². The molecule has 18 heavy (non-hydrogen) atoms. The SMILES string of the molecule is Cn1ccnc1C(=O)N1CCN(C2CNC2)CC1. The topological polar surface area (TPSA) is 53.4 Å². The van der Waals surface area contributed by atoms with Gasteiger partial charge in [-0.05, 0) is 0 Å². The van der Waals surface area contributed by atoms with E-state index in [-0.39, 0.29) is 5.91 Å². The van der Waals surface area contributed by atoms with Crippen LogP contribution < -0.4 is 5.32 Å². The van der Waals surface area contributed by atoms with Crippen LogP contribution in [0.2, 0.25) is 0 Å². The molecule has 1 amide bonds. The number of hydrogen-bond acceptors (Lipinski definition) is 4. The zero-order chi connectivity index (χ0) is 12.5. The second-order valence-electron chi connectivity index (χ2n) is 5.00. The standard InChI is InChI=1S/C12H19N5O/c1-15-3-2-14-11(15)12(18)17-6-4-16(5-7-17)10-8-13-9-10/h2-3,10,13H,4-9H2,1H3. The molecule has 2 fully saturated rings. The average molecular weight is 249 g/mol. The molecule has 6 heteroatoms. The zero-order valence-electron chi connectivity index (χ0n) is 10.7. The Hall–Kier alpha value is -1.40. The highest BCUT2D eigenvalue weighted by atomic mass is 16.2. The molecule has 2 aliphatic heterocycles. The fourth-order valence-corrected chi connectivity index (χ4v) is 2.53. The Labute approximate surface area is 107 Å². The molecule has 0 spiro atoms. The predicted octanol–water partition coefficient (Wildman–Crippen LogP) is -0.850. The summed E-state index contributed by atoms with van der Waals surface area (Å²) in [5.41, 5.74) is 0. The molecule has 0 atom stereocenters. The Kier molecular flexibility index (Phi) is 3.05. The van der Waals surface area contributed by atoms with Gasteiger partial charge in [-0.3, -0.25) is 9.69 Å². The largest absolute Gasteiger partial charge is 0.333 e. The summed E-state index contributed by atoms with van der Waals surface area (Å²) >= 11 is 0. The lowest BCUT2D eigenvalue weighted by Crippen LogP contribution is -2.62. The average Bonchev–Trinajstić information content (AvgIpc) is 2.73. The fraction of sp³-hybridized carbons (Fsp3) is 0.667. The molecule has 0 bridgehead atoms. The second kappa shape index (κ2) is 4.70. The first kappa shape index (κ1) is 11.7. The summed E-state index contributed by atoms with van der Waals surface area (Å²) in [4.78, 5) is 20.8. The summed E-state index contributed by atoms with van der Waals surface area (Å²) in [5.74, 6) is 0.586.